The number of fused-ring (bicyclic) bond motifs is 1. The Morgan fingerprint density at radius 1 is 1.00 bits per heavy atom. The molecule has 0 spiro atoms. The van der Waals surface area contributed by atoms with Gasteiger partial charge in [-0.1, -0.05) is 12.1 Å². The molecule has 1 saturated heterocycles. The first-order valence-corrected chi connectivity index (χ1v) is 12.0. The van der Waals surface area contributed by atoms with Crippen LogP contribution in [0.5, 0.6) is 17.5 Å². The molecule has 196 valence electrons. The molecule has 2 aliphatic rings. The lowest BCUT2D eigenvalue weighted by Crippen LogP contribution is -2.32. The lowest BCUT2D eigenvalue weighted by molar-refractivity contribution is -0.389. The van der Waals surface area contributed by atoms with Crippen molar-refractivity contribution in [2.24, 2.45) is 0 Å². The van der Waals surface area contributed by atoms with Gasteiger partial charge in [0.15, 0.2) is 0 Å². The number of hydrogen-bond donors (Lipinski definition) is 0. The van der Waals surface area contributed by atoms with Crippen molar-refractivity contribution in [3.63, 3.8) is 0 Å². The average molecular weight is 518 g/mol. The fraction of sp³-hybridized carbons (Fsp3) is 0.400. The summed E-state index contributed by atoms with van der Waals surface area (Å²) < 4.78 is 54.3. The number of aryl methyl sites for hydroxylation is 1. The van der Waals surface area contributed by atoms with Gasteiger partial charge in [0.25, 0.3) is 0 Å². The van der Waals surface area contributed by atoms with Gasteiger partial charge in [-0.15, -0.1) is 13.2 Å². The lowest BCUT2D eigenvalue weighted by Gasteiger charge is -2.34. The highest BCUT2D eigenvalue weighted by Crippen LogP contribution is 2.33. The second-order valence-electron chi connectivity index (χ2n) is 9.04. The number of nitro groups is 1. The van der Waals surface area contributed by atoms with Crippen LogP contribution in [0, 0.1) is 10.1 Å². The van der Waals surface area contributed by atoms with E-state index < -0.39 is 11.3 Å². The summed E-state index contributed by atoms with van der Waals surface area (Å²) in [5.41, 5.74) is 2.09. The zero-order valence-electron chi connectivity index (χ0n) is 19.8. The Hall–Kier alpha value is -3.96. The summed E-state index contributed by atoms with van der Waals surface area (Å²) >= 11 is 0. The van der Waals surface area contributed by atoms with Crippen molar-refractivity contribution in [2.75, 3.05) is 24.6 Å². The summed E-state index contributed by atoms with van der Waals surface area (Å²) in [7, 11) is 0. The first-order chi connectivity index (χ1) is 17.7. The third-order valence-corrected chi connectivity index (χ3v) is 6.60. The third kappa shape index (κ3) is 6.07. The van der Waals surface area contributed by atoms with E-state index in [0.717, 1.165) is 37.2 Å². The normalized spacial score (nSPS) is 18.1. The molecule has 0 radical (unpaired) electrons. The average Bonchev–Trinajstić information content (AvgIpc) is 3.32. The maximum absolute atomic E-state index is 12.4. The zero-order valence-corrected chi connectivity index (χ0v) is 19.8. The number of nitrogens with zero attached hydrogens (tertiary/aromatic N) is 4. The second-order valence-corrected chi connectivity index (χ2v) is 9.04. The fourth-order valence-electron chi connectivity index (χ4n) is 4.69. The molecule has 3 heterocycles. The van der Waals surface area contributed by atoms with Gasteiger partial charge in [0.2, 0.25) is 0 Å². The molecule has 1 atom stereocenters. The fourth-order valence-corrected chi connectivity index (χ4v) is 4.69. The summed E-state index contributed by atoms with van der Waals surface area (Å²) in [6.45, 7) is 2.55. The molecule has 2 aliphatic heterocycles. The van der Waals surface area contributed by atoms with Crippen molar-refractivity contribution in [2.45, 2.75) is 44.2 Å². The Morgan fingerprint density at radius 2 is 1.68 bits per heavy atom. The third-order valence-electron chi connectivity index (χ3n) is 6.60. The Kier molecular flexibility index (Phi) is 6.81. The molecule has 5 rings (SSSR count). The number of ether oxygens (including phenoxy) is 3. The number of piperidine rings is 1. The maximum atomic E-state index is 12.4. The van der Waals surface area contributed by atoms with Crippen LogP contribution in [0.25, 0.3) is 0 Å². The van der Waals surface area contributed by atoms with Crippen LogP contribution in [0.3, 0.4) is 0 Å². The smallest absolute Gasteiger partial charge is 0.490 e. The van der Waals surface area contributed by atoms with Crippen molar-refractivity contribution in [1.29, 1.82) is 0 Å². The molecule has 12 heteroatoms. The predicted molar refractivity (Wildman–Crippen MR) is 127 cm³/mol. The molecule has 0 N–H and O–H groups in total. The summed E-state index contributed by atoms with van der Waals surface area (Å²) in [6.07, 6.45) is -1.12. The van der Waals surface area contributed by atoms with Crippen molar-refractivity contribution < 1.29 is 32.3 Å². The highest BCUT2D eigenvalue weighted by Gasteiger charge is 2.31. The summed E-state index contributed by atoms with van der Waals surface area (Å²) in [5.74, 6) is 0.542. The quantitative estimate of drug-likeness (QED) is 0.309. The number of imidazole rings is 1. The van der Waals surface area contributed by atoms with E-state index in [-0.39, 0.29) is 29.6 Å². The molecule has 1 unspecified atom stereocenters. The number of aromatic nitrogens is 2. The number of hydrogen-bond acceptors (Lipinski definition) is 7. The van der Waals surface area contributed by atoms with Gasteiger partial charge in [-0.3, -0.25) is 4.57 Å². The molecule has 2 aromatic carbocycles. The van der Waals surface area contributed by atoms with Crippen LogP contribution in [-0.2, 0) is 6.54 Å². The van der Waals surface area contributed by atoms with Gasteiger partial charge in [-0.25, -0.2) is 0 Å². The van der Waals surface area contributed by atoms with E-state index in [1.807, 2.05) is 24.3 Å². The number of alkyl halides is 3. The summed E-state index contributed by atoms with van der Waals surface area (Å²) in [6, 6.07) is 14.2. The molecule has 0 aliphatic carbocycles. The van der Waals surface area contributed by atoms with Crippen molar-refractivity contribution in [3.8, 4) is 17.5 Å². The van der Waals surface area contributed by atoms with Gasteiger partial charge in [0.1, 0.15) is 30.4 Å². The van der Waals surface area contributed by atoms with Crippen LogP contribution in [0.2, 0.25) is 0 Å². The van der Waals surface area contributed by atoms with Crippen LogP contribution < -0.4 is 19.1 Å². The Balaban J connectivity index is 1.09. The Bertz CT molecular complexity index is 1220. The van der Waals surface area contributed by atoms with E-state index in [1.165, 1.54) is 18.3 Å². The van der Waals surface area contributed by atoms with Crippen LogP contribution in [0.1, 0.15) is 30.7 Å². The van der Waals surface area contributed by atoms with Crippen LogP contribution in [-0.4, -0.2) is 46.6 Å². The maximum Gasteiger partial charge on any atom is 0.573 e. The number of benzene rings is 2. The highest BCUT2D eigenvalue weighted by molar-refractivity contribution is 5.49. The minimum atomic E-state index is -4.69. The van der Waals surface area contributed by atoms with Crippen molar-refractivity contribution >= 4 is 11.5 Å². The SMILES string of the molecule is O=[N+]([O-])c1cn2c(n1)OC(COc1ccc(N3CCC(c4ccc(OC(F)(F)F)cc4)CC3)cc1)CC2. The number of rotatable bonds is 7. The second kappa shape index (κ2) is 10.2. The molecule has 3 aromatic rings. The molecule has 1 aromatic heterocycles. The molecule has 0 amide bonds. The molecular weight excluding hydrogens is 493 g/mol. The number of anilines is 1. The van der Waals surface area contributed by atoms with Crippen LogP contribution >= 0.6 is 0 Å². The first-order valence-electron chi connectivity index (χ1n) is 12.0. The van der Waals surface area contributed by atoms with E-state index in [2.05, 4.69) is 14.6 Å². The van der Waals surface area contributed by atoms with E-state index in [4.69, 9.17) is 9.47 Å². The molecular formula is C25H25F3N4O5. The molecule has 37 heavy (non-hydrogen) atoms. The Labute approximate surface area is 210 Å². The van der Waals surface area contributed by atoms with Crippen molar-refractivity contribution in [1.82, 2.24) is 9.55 Å². The topological polar surface area (TPSA) is 91.9 Å². The van der Waals surface area contributed by atoms with E-state index in [9.17, 15) is 23.3 Å². The number of halogens is 3. The molecule has 1 fully saturated rings. The largest absolute Gasteiger partial charge is 0.573 e. The highest BCUT2D eigenvalue weighted by atomic mass is 19.4. The van der Waals surface area contributed by atoms with Crippen LogP contribution in [0.15, 0.2) is 54.7 Å². The van der Waals surface area contributed by atoms with Gasteiger partial charge < -0.3 is 29.2 Å². The summed E-state index contributed by atoms with van der Waals surface area (Å²) in [4.78, 5) is 16.5. The van der Waals surface area contributed by atoms with Gasteiger partial charge in [-0.2, -0.15) is 0 Å². The summed E-state index contributed by atoms with van der Waals surface area (Å²) in [5, 5.41) is 10.9. The van der Waals surface area contributed by atoms with Gasteiger partial charge in [0, 0.05) is 36.7 Å². The lowest BCUT2D eigenvalue weighted by atomic mass is 9.89. The van der Waals surface area contributed by atoms with E-state index in [1.54, 1.807) is 16.7 Å². The van der Waals surface area contributed by atoms with Gasteiger partial charge in [-0.05, 0) is 65.6 Å². The van der Waals surface area contributed by atoms with Gasteiger partial charge in [0.05, 0.1) is 0 Å². The van der Waals surface area contributed by atoms with E-state index in [0.29, 0.717) is 25.3 Å². The minimum absolute atomic E-state index is 0.207. The zero-order chi connectivity index (χ0) is 26.0. The predicted octanol–water partition coefficient (Wildman–Crippen LogP) is 5.30. The van der Waals surface area contributed by atoms with Crippen molar-refractivity contribution in [3.05, 3.63) is 70.4 Å². The molecule has 0 bridgehead atoms. The monoisotopic (exact) mass is 518 g/mol. The molecule has 9 nitrogen and oxygen atoms in total. The first kappa shape index (κ1) is 24.7. The minimum Gasteiger partial charge on any atom is -0.490 e. The molecule has 0 saturated carbocycles. The standard InChI is InChI=1S/C25H25F3N4O5/c26-25(27,28)37-21-5-1-17(2-6-21)18-9-12-30(13-10-18)19-3-7-20(8-4-19)35-16-22-11-14-31-15-23(32(33)34)29-24(31)36-22/h1-8,15,18,22H,9-14,16H2. The Morgan fingerprint density at radius 3 is 2.32 bits per heavy atom. The van der Waals surface area contributed by atoms with Crippen LogP contribution in [0.4, 0.5) is 24.7 Å². The van der Waals surface area contributed by atoms with E-state index >= 15 is 0 Å². The van der Waals surface area contributed by atoms with Gasteiger partial charge >= 0.3 is 18.2 Å².